The van der Waals surface area contributed by atoms with Crippen molar-refractivity contribution in [3.8, 4) is 0 Å². The van der Waals surface area contributed by atoms with Crippen LogP contribution in [0.25, 0.3) is 0 Å². The van der Waals surface area contributed by atoms with E-state index in [1.54, 1.807) is 6.92 Å². The summed E-state index contributed by atoms with van der Waals surface area (Å²) in [7, 11) is 0. The third kappa shape index (κ3) is 4.28. The smallest absolute Gasteiger partial charge is 0.311 e. The number of hydrogen-bond acceptors (Lipinski definition) is 4. The molecule has 17 heavy (non-hydrogen) atoms. The minimum absolute atomic E-state index is 0.0527. The molecule has 0 aromatic heterocycles. The van der Waals surface area contributed by atoms with E-state index in [1.807, 2.05) is 13.8 Å². The first-order chi connectivity index (χ1) is 8.08. The molecule has 100 valence electrons. The fraction of sp³-hybridized carbons (Fsp3) is 0.923. The van der Waals surface area contributed by atoms with Gasteiger partial charge in [0.1, 0.15) is 0 Å². The van der Waals surface area contributed by atoms with E-state index in [0.29, 0.717) is 13.0 Å². The van der Waals surface area contributed by atoms with Crippen LogP contribution < -0.4 is 0 Å². The largest absolute Gasteiger partial charge is 0.466 e. The van der Waals surface area contributed by atoms with Crippen molar-refractivity contribution >= 4 is 5.97 Å². The van der Waals surface area contributed by atoms with E-state index in [0.717, 1.165) is 19.3 Å². The van der Waals surface area contributed by atoms with Crippen molar-refractivity contribution in [3.63, 3.8) is 0 Å². The quantitative estimate of drug-likeness (QED) is 0.725. The molecular formula is C13H24O4. The zero-order valence-corrected chi connectivity index (χ0v) is 11.0. The zero-order chi connectivity index (χ0) is 12.8. The highest BCUT2D eigenvalue weighted by atomic mass is 16.5. The Morgan fingerprint density at radius 2 is 2.18 bits per heavy atom. The predicted octanol–water partition coefficient (Wildman–Crippen LogP) is 1.89. The number of rotatable bonds is 6. The summed E-state index contributed by atoms with van der Waals surface area (Å²) < 4.78 is 10.8. The molecule has 4 atom stereocenters. The van der Waals surface area contributed by atoms with Crippen molar-refractivity contribution in [1.29, 1.82) is 0 Å². The molecule has 4 heteroatoms. The topological polar surface area (TPSA) is 55.8 Å². The Hall–Kier alpha value is -0.610. The molecule has 0 unspecified atom stereocenters. The summed E-state index contributed by atoms with van der Waals surface area (Å²) in [6.45, 7) is 6.02. The lowest BCUT2D eigenvalue weighted by molar-refractivity contribution is -0.152. The molecule has 0 saturated carbocycles. The summed E-state index contributed by atoms with van der Waals surface area (Å²) in [6, 6.07) is 0. The van der Waals surface area contributed by atoms with Crippen molar-refractivity contribution in [1.82, 2.24) is 0 Å². The third-order valence-corrected chi connectivity index (χ3v) is 3.36. The van der Waals surface area contributed by atoms with E-state index >= 15 is 0 Å². The van der Waals surface area contributed by atoms with E-state index in [2.05, 4.69) is 0 Å². The Morgan fingerprint density at radius 1 is 1.47 bits per heavy atom. The normalized spacial score (nSPS) is 27.8. The van der Waals surface area contributed by atoms with Crippen molar-refractivity contribution in [3.05, 3.63) is 0 Å². The Morgan fingerprint density at radius 3 is 2.76 bits per heavy atom. The summed E-state index contributed by atoms with van der Waals surface area (Å²) in [4.78, 5) is 11.6. The van der Waals surface area contributed by atoms with Crippen LogP contribution in [0.4, 0.5) is 0 Å². The number of hydrogen-bond donors (Lipinski definition) is 1. The highest BCUT2D eigenvalue weighted by Crippen LogP contribution is 2.28. The third-order valence-electron chi connectivity index (χ3n) is 3.36. The lowest BCUT2D eigenvalue weighted by atomic mass is 10.0. The maximum absolute atomic E-state index is 11.6. The number of esters is 1. The van der Waals surface area contributed by atoms with Crippen LogP contribution >= 0.6 is 0 Å². The maximum Gasteiger partial charge on any atom is 0.311 e. The molecule has 0 amide bonds. The monoisotopic (exact) mass is 244 g/mol. The molecule has 0 aromatic rings. The van der Waals surface area contributed by atoms with Gasteiger partial charge in [-0.2, -0.15) is 0 Å². The highest BCUT2D eigenvalue weighted by molar-refractivity contribution is 5.72. The zero-order valence-electron chi connectivity index (χ0n) is 11.0. The van der Waals surface area contributed by atoms with Crippen LogP contribution in [0.1, 0.15) is 46.5 Å². The minimum Gasteiger partial charge on any atom is -0.466 e. The Bertz CT molecular complexity index is 242. The summed E-state index contributed by atoms with van der Waals surface area (Å²) in [6.07, 6.45) is 2.96. The molecule has 1 saturated heterocycles. The van der Waals surface area contributed by atoms with Crippen molar-refractivity contribution in [2.75, 3.05) is 6.61 Å². The number of carbonyl (C=O) groups is 1. The Labute approximate surface area is 103 Å². The molecule has 1 aliphatic heterocycles. The molecular weight excluding hydrogens is 220 g/mol. The van der Waals surface area contributed by atoms with Gasteiger partial charge >= 0.3 is 5.97 Å². The molecule has 0 aromatic carbocycles. The second-order valence-electron chi connectivity index (χ2n) is 4.71. The summed E-state index contributed by atoms with van der Waals surface area (Å²) in [5.74, 6) is -0.395. The van der Waals surface area contributed by atoms with Crippen LogP contribution in [0, 0.1) is 5.92 Å². The first-order valence-electron chi connectivity index (χ1n) is 6.58. The van der Waals surface area contributed by atoms with E-state index in [9.17, 15) is 9.90 Å². The van der Waals surface area contributed by atoms with E-state index in [1.165, 1.54) is 0 Å². The van der Waals surface area contributed by atoms with Gasteiger partial charge in [0.2, 0.25) is 0 Å². The van der Waals surface area contributed by atoms with Crippen LogP contribution in [0.15, 0.2) is 0 Å². The van der Waals surface area contributed by atoms with E-state index in [4.69, 9.17) is 9.47 Å². The fourth-order valence-corrected chi connectivity index (χ4v) is 2.17. The second kappa shape index (κ2) is 6.97. The predicted molar refractivity (Wildman–Crippen MR) is 64.6 cm³/mol. The molecule has 1 fully saturated rings. The molecule has 1 rings (SSSR count). The van der Waals surface area contributed by atoms with Crippen molar-refractivity contribution in [2.45, 2.75) is 64.8 Å². The second-order valence-corrected chi connectivity index (χ2v) is 4.71. The highest BCUT2D eigenvalue weighted by Gasteiger charge is 2.34. The summed E-state index contributed by atoms with van der Waals surface area (Å²) >= 11 is 0. The van der Waals surface area contributed by atoms with Gasteiger partial charge in [-0.15, -0.1) is 0 Å². The molecule has 4 nitrogen and oxygen atoms in total. The summed E-state index contributed by atoms with van der Waals surface area (Å²) in [5.41, 5.74) is 0. The molecule has 0 spiro atoms. The van der Waals surface area contributed by atoms with Crippen molar-refractivity contribution in [2.24, 2.45) is 5.92 Å². The molecule has 0 radical (unpaired) electrons. The Balaban J connectivity index is 2.36. The first kappa shape index (κ1) is 14.5. The molecule has 1 N–H and O–H groups in total. The number of aliphatic hydroxyl groups excluding tert-OH is 1. The molecule has 1 heterocycles. The van der Waals surface area contributed by atoms with Gasteiger partial charge in [-0.25, -0.2) is 0 Å². The maximum atomic E-state index is 11.6. The molecule has 1 aliphatic rings. The van der Waals surface area contributed by atoms with Crippen LogP contribution in [0.2, 0.25) is 0 Å². The van der Waals surface area contributed by atoms with Gasteiger partial charge in [0, 0.05) is 0 Å². The number of aliphatic hydroxyl groups is 1. The van der Waals surface area contributed by atoms with Crippen LogP contribution in [0.5, 0.6) is 0 Å². The minimum atomic E-state index is -0.295. The lowest BCUT2D eigenvalue weighted by Gasteiger charge is -2.19. The van der Waals surface area contributed by atoms with Gasteiger partial charge in [0.05, 0.1) is 30.8 Å². The van der Waals surface area contributed by atoms with Gasteiger partial charge in [0.25, 0.3) is 0 Å². The van der Waals surface area contributed by atoms with E-state index in [-0.39, 0.29) is 30.2 Å². The van der Waals surface area contributed by atoms with Crippen LogP contribution in [-0.2, 0) is 14.3 Å². The van der Waals surface area contributed by atoms with Crippen molar-refractivity contribution < 1.29 is 19.4 Å². The van der Waals surface area contributed by atoms with E-state index < -0.39 is 0 Å². The van der Waals surface area contributed by atoms with Gasteiger partial charge < -0.3 is 14.6 Å². The van der Waals surface area contributed by atoms with Gasteiger partial charge in [-0.05, 0) is 39.5 Å². The van der Waals surface area contributed by atoms with Gasteiger partial charge in [0.15, 0.2) is 0 Å². The van der Waals surface area contributed by atoms with Crippen LogP contribution in [0.3, 0.4) is 0 Å². The molecule has 0 bridgehead atoms. The standard InChI is InChI=1S/C13H24O4/c1-4-10(14)8-11-6-7-12(17-11)9(3)13(15)16-5-2/h9-12,14H,4-8H2,1-3H3/t9-,10+,11+,12-/m1/s1. The van der Waals surface area contributed by atoms with Gasteiger partial charge in [-0.3, -0.25) is 4.79 Å². The van der Waals surface area contributed by atoms with Gasteiger partial charge in [-0.1, -0.05) is 6.92 Å². The summed E-state index contributed by atoms with van der Waals surface area (Å²) in [5, 5.41) is 9.56. The average Bonchev–Trinajstić information content (AvgIpc) is 2.76. The first-order valence-corrected chi connectivity index (χ1v) is 6.58. The van der Waals surface area contributed by atoms with Crippen LogP contribution in [-0.4, -0.2) is 36.0 Å². The number of carbonyl (C=O) groups excluding carboxylic acids is 1. The number of ether oxygens (including phenoxy) is 2. The SMILES string of the molecule is CCOC(=O)[C@H](C)[C@H]1CC[C@@H](C[C@@H](O)CC)O1. The molecule has 0 aliphatic carbocycles. The Kier molecular flexibility index (Phi) is 5.92. The lowest BCUT2D eigenvalue weighted by Crippen LogP contribution is -2.28. The fourth-order valence-electron chi connectivity index (χ4n) is 2.17. The average molecular weight is 244 g/mol.